The third-order valence-corrected chi connectivity index (χ3v) is 3.55. The molecule has 0 aromatic carbocycles. The fourth-order valence-electron chi connectivity index (χ4n) is 2.31. The van der Waals surface area contributed by atoms with Crippen molar-refractivity contribution in [3.05, 3.63) is 11.8 Å². The van der Waals surface area contributed by atoms with Crippen molar-refractivity contribution in [3.63, 3.8) is 0 Å². The van der Waals surface area contributed by atoms with Crippen molar-refractivity contribution < 1.29 is 4.79 Å². The molecule has 0 spiro atoms. The van der Waals surface area contributed by atoms with Gasteiger partial charge in [-0.25, -0.2) is 0 Å². The fraction of sp³-hybridized carbons (Fsp3) is 0.583. The maximum absolute atomic E-state index is 12.2. The molecule has 0 saturated heterocycles. The van der Waals surface area contributed by atoms with Gasteiger partial charge < -0.3 is 5.32 Å². The smallest absolute Gasteiger partial charge is 0.231 e. The first kappa shape index (κ1) is 11.6. The van der Waals surface area contributed by atoms with Crippen LogP contribution in [-0.4, -0.2) is 15.7 Å². The van der Waals surface area contributed by atoms with Crippen LogP contribution < -0.4 is 5.32 Å². The van der Waals surface area contributed by atoms with E-state index in [9.17, 15) is 4.79 Å². The molecule has 0 bridgehead atoms. The monoisotopic (exact) mass is 232 g/mol. The second-order valence-electron chi connectivity index (χ2n) is 4.86. The predicted molar refractivity (Wildman–Crippen MR) is 63.1 cm³/mol. The lowest BCUT2D eigenvalue weighted by molar-refractivity contribution is -0.124. The van der Waals surface area contributed by atoms with Crippen LogP contribution in [-0.2, 0) is 11.8 Å². The highest BCUT2D eigenvalue weighted by Crippen LogP contribution is 2.38. The molecule has 0 unspecified atom stereocenters. The Morgan fingerprint density at radius 1 is 1.59 bits per heavy atom. The number of amides is 1. The van der Waals surface area contributed by atoms with Crippen molar-refractivity contribution in [1.29, 1.82) is 5.26 Å². The van der Waals surface area contributed by atoms with E-state index < -0.39 is 0 Å². The van der Waals surface area contributed by atoms with Gasteiger partial charge in [0.1, 0.15) is 17.5 Å². The largest absolute Gasteiger partial charge is 0.309 e. The Labute approximate surface area is 100 Å². The van der Waals surface area contributed by atoms with Gasteiger partial charge in [-0.1, -0.05) is 19.8 Å². The quantitative estimate of drug-likeness (QED) is 0.845. The molecule has 1 amide bonds. The predicted octanol–water partition coefficient (Wildman–Crippen LogP) is 1.81. The van der Waals surface area contributed by atoms with Crippen LogP contribution in [0.3, 0.4) is 0 Å². The summed E-state index contributed by atoms with van der Waals surface area (Å²) in [6.07, 6.45) is 5.49. The SMILES string of the molecule is Cn1ncc(C#N)c1NC(=O)C1(C)CCCC1. The molecule has 1 heterocycles. The number of rotatable bonds is 2. The van der Waals surface area contributed by atoms with Gasteiger partial charge in [0.2, 0.25) is 5.91 Å². The molecule has 0 radical (unpaired) electrons. The van der Waals surface area contributed by atoms with Crippen LogP contribution in [0.4, 0.5) is 5.82 Å². The molecule has 1 aromatic rings. The van der Waals surface area contributed by atoms with E-state index in [4.69, 9.17) is 5.26 Å². The third kappa shape index (κ3) is 2.03. The number of aromatic nitrogens is 2. The van der Waals surface area contributed by atoms with Gasteiger partial charge in [-0.05, 0) is 12.8 Å². The molecule has 0 aliphatic heterocycles. The number of hydrogen-bond acceptors (Lipinski definition) is 3. The minimum atomic E-state index is -0.295. The van der Waals surface area contributed by atoms with Crippen molar-refractivity contribution in [2.75, 3.05) is 5.32 Å². The Balaban J connectivity index is 2.18. The maximum atomic E-state index is 12.2. The Hall–Kier alpha value is -1.83. The highest BCUT2D eigenvalue weighted by atomic mass is 16.2. The average molecular weight is 232 g/mol. The van der Waals surface area contributed by atoms with Crippen molar-refractivity contribution in [2.45, 2.75) is 32.6 Å². The molecule has 1 aliphatic carbocycles. The van der Waals surface area contributed by atoms with E-state index >= 15 is 0 Å². The zero-order valence-electron chi connectivity index (χ0n) is 10.2. The molecule has 1 N–H and O–H groups in total. The summed E-state index contributed by atoms with van der Waals surface area (Å²) in [6, 6.07) is 2.03. The van der Waals surface area contributed by atoms with Gasteiger partial charge in [-0.2, -0.15) is 10.4 Å². The van der Waals surface area contributed by atoms with Crippen molar-refractivity contribution >= 4 is 11.7 Å². The fourth-order valence-corrected chi connectivity index (χ4v) is 2.31. The minimum Gasteiger partial charge on any atom is -0.309 e. The summed E-state index contributed by atoms with van der Waals surface area (Å²) < 4.78 is 1.52. The zero-order chi connectivity index (χ0) is 12.5. The van der Waals surface area contributed by atoms with E-state index in [0.717, 1.165) is 25.7 Å². The van der Waals surface area contributed by atoms with E-state index in [1.54, 1.807) is 7.05 Å². The summed E-state index contributed by atoms with van der Waals surface area (Å²) in [5, 5.41) is 15.7. The third-order valence-electron chi connectivity index (χ3n) is 3.55. The molecular weight excluding hydrogens is 216 g/mol. The summed E-state index contributed by atoms with van der Waals surface area (Å²) in [5.74, 6) is 0.487. The molecule has 5 nitrogen and oxygen atoms in total. The molecule has 2 rings (SSSR count). The summed E-state index contributed by atoms with van der Waals surface area (Å²) in [6.45, 7) is 1.98. The lowest BCUT2D eigenvalue weighted by Gasteiger charge is -2.22. The Morgan fingerprint density at radius 2 is 2.24 bits per heavy atom. The highest BCUT2D eigenvalue weighted by Gasteiger charge is 2.36. The number of nitrogens with zero attached hydrogens (tertiary/aromatic N) is 3. The van der Waals surface area contributed by atoms with Gasteiger partial charge in [-0.3, -0.25) is 9.48 Å². The molecule has 1 aliphatic rings. The molecule has 1 fully saturated rings. The Morgan fingerprint density at radius 3 is 2.82 bits per heavy atom. The summed E-state index contributed by atoms with van der Waals surface area (Å²) in [7, 11) is 1.72. The standard InChI is InChI=1S/C12H16N4O/c1-12(5-3-4-6-12)11(17)15-10-9(7-13)8-14-16(10)2/h8H,3-6H2,1-2H3,(H,15,17). The van der Waals surface area contributed by atoms with E-state index in [2.05, 4.69) is 10.4 Å². The van der Waals surface area contributed by atoms with Crippen LogP contribution in [0.5, 0.6) is 0 Å². The number of hydrogen-bond donors (Lipinski definition) is 1. The molecule has 1 saturated carbocycles. The lowest BCUT2D eigenvalue weighted by Crippen LogP contribution is -2.31. The minimum absolute atomic E-state index is 0.00454. The number of anilines is 1. The van der Waals surface area contributed by atoms with Crippen LogP contribution in [0.25, 0.3) is 0 Å². The van der Waals surface area contributed by atoms with Gasteiger partial charge in [0, 0.05) is 12.5 Å². The van der Waals surface area contributed by atoms with Crippen LogP contribution in [0.1, 0.15) is 38.2 Å². The van der Waals surface area contributed by atoms with Gasteiger partial charge >= 0.3 is 0 Å². The Bertz CT molecular complexity index is 477. The number of carbonyl (C=O) groups excluding carboxylic acids is 1. The summed E-state index contributed by atoms with van der Waals surface area (Å²) >= 11 is 0. The van der Waals surface area contributed by atoms with Crippen molar-refractivity contribution in [1.82, 2.24) is 9.78 Å². The van der Waals surface area contributed by atoms with Crippen LogP contribution in [0.2, 0.25) is 0 Å². The lowest BCUT2D eigenvalue weighted by atomic mass is 9.88. The van der Waals surface area contributed by atoms with Gasteiger partial charge in [-0.15, -0.1) is 0 Å². The number of aryl methyl sites for hydroxylation is 1. The maximum Gasteiger partial charge on any atom is 0.231 e. The van der Waals surface area contributed by atoms with E-state index in [1.807, 2.05) is 13.0 Å². The van der Waals surface area contributed by atoms with Crippen LogP contribution in [0, 0.1) is 16.7 Å². The van der Waals surface area contributed by atoms with E-state index in [1.165, 1.54) is 10.9 Å². The van der Waals surface area contributed by atoms with E-state index in [-0.39, 0.29) is 11.3 Å². The molecule has 0 atom stereocenters. The van der Waals surface area contributed by atoms with Crippen molar-refractivity contribution in [3.8, 4) is 6.07 Å². The second-order valence-corrected chi connectivity index (χ2v) is 4.86. The molecule has 1 aromatic heterocycles. The summed E-state index contributed by atoms with van der Waals surface area (Å²) in [4.78, 5) is 12.2. The molecule has 5 heteroatoms. The van der Waals surface area contributed by atoms with Crippen LogP contribution in [0.15, 0.2) is 6.20 Å². The normalized spacial score (nSPS) is 17.7. The van der Waals surface area contributed by atoms with Crippen molar-refractivity contribution in [2.24, 2.45) is 12.5 Å². The van der Waals surface area contributed by atoms with Gasteiger partial charge in [0.05, 0.1) is 6.20 Å². The van der Waals surface area contributed by atoms with Gasteiger partial charge in [0.15, 0.2) is 0 Å². The first-order valence-corrected chi connectivity index (χ1v) is 5.80. The zero-order valence-corrected chi connectivity index (χ0v) is 10.2. The number of nitrogens with one attached hydrogen (secondary N) is 1. The first-order chi connectivity index (χ1) is 8.07. The molecule has 90 valence electrons. The average Bonchev–Trinajstić information content (AvgIpc) is 2.88. The number of nitriles is 1. The Kier molecular flexibility index (Phi) is 2.88. The highest BCUT2D eigenvalue weighted by molar-refractivity contribution is 5.95. The number of carbonyl (C=O) groups is 1. The molecule has 17 heavy (non-hydrogen) atoms. The van der Waals surface area contributed by atoms with E-state index in [0.29, 0.717) is 11.4 Å². The van der Waals surface area contributed by atoms with Crippen LogP contribution >= 0.6 is 0 Å². The second kappa shape index (κ2) is 4.21. The topological polar surface area (TPSA) is 70.7 Å². The molecular formula is C12H16N4O. The summed E-state index contributed by atoms with van der Waals surface area (Å²) in [5.41, 5.74) is 0.110. The first-order valence-electron chi connectivity index (χ1n) is 5.80. The van der Waals surface area contributed by atoms with Gasteiger partial charge in [0.25, 0.3) is 0 Å².